The smallest absolute Gasteiger partial charge is 0.247 e. The van der Waals surface area contributed by atoms with Gasteiger partial charge in [-0.25, -0.2) is 0 Å². The van der Waals surface area contributed by atoms with Gasteiger partial charge in [0.1, 0.15) is 0 Å². The average molecular weight is 253 g/mol. The zero-order valence-corrected chi connectivity index (χ0v) is 11.3. The predicted molar refractivity (Wildman–Crippen MR) is 76.6 cm³/mol. The van der Waals surface area contributed by atoms with Gasteiger partial charge in [-0.2, -0.15) is 0 Å². The van der Waals surface area contributed by atoms with E-state index in [-0.39, 0.29) is 11.9 Å². The summed E-state index contributed by atoms with van der Waals surface area (Å²) in [5, 5.41) is 0. The van der Waals surface area contributed by atoms with Crippen LogP contribution in [0.15, 0.2) is 53.6 Å². The molecule has 98 valence electrons. The molecule has 0 N–H and O–H groups in total. The molecule has 1 heterocycles. The minimum Gasteiger partial charge on any atom is -0.331 e. The molecule has 1 aliphatic carbocycles. The van der Waals surface area contributed by atoms with E-state index in [0.717, 1.165) is 12.8 Å². The van der Waals surface area contributed by atoms with E-state index in [4.69, 9.17) is 0 Å². The SMILES string of the molecule is CN1C(=O)C=CC2=C(CCCC2)C1c1ccccc1. The van der Waals surface area contributed by atoms with E-state index in [2.05, 4.69) is 24.3 Å². The van der Waals surface area contributed by atoms with E-state index in [0.29, 0.717) is 0 Å². The molecular formula is C17H19NO. The number of carbonyl (C=O) groups excluding carboxylic acids is 1. The van der Waals surface area contributed by atoms with Gasteiger partial charge in [0.05, 0.1) is 6.04 Å². The lowest BCUT2D eigenvalue weighted by Gasteiger charge is -2.32. The summed E-state index contributed by atoms with van der Waals surface area (Å²) in [5.74, 6) is 0.100. The fraction of sp³-hybridized carbons (Fsp3) is 0.353. The Balaban J connectivity index is 2.10. The van der Waals surface area contributed by atoms with Crippen molar-refractivity contribution in [2.45, 2.75) is 31.7 Å². The van der Waals surface area contributed by atoms with Crippen LogP contribution in [0, 0.1) is 0 Å². The number of benzene rings is 1. The Morgan fingerprint density at radius 2 is 1.79 bits per heavy atom. The molecule has 2 heteroatoms. The van der Waals surface area contributed by atoms with E-state index < -0.39 is 0 Å². The highest BCUT2D eigenvalue weighted by atomic mass is 16.2. The first kappa shape index (κ1) is 12.2. The Bertz CT molecular complexity index is 542. The number of nitrogens with zero attached hydrogens (tertiary/aromatic N) is 1. The van der Waals surface area contributed by atoms with Gasteiger partial charge in [-0.1, -0.05) is 36.4 Å². The molecule has 19 heavy (non-hydrogen) atoms. The van der Waals surface area contributed by atoms with Gasteiger partial charge in [0, 0.05) is 13.1 Å². The van der Waals surface area contributed by atoms with Crippen molar-refractivity contribution in [3.05, 3.63) is 59.2 Å². The van der Waals surface area contributed by atoms with Crippen LogP contribution in [0.4, 0.5) is 0 Å². The molecule has 0 bridgehead atoms. The lowest BCUT2D eigenvalue weighted by atomic mass is 9.84. The molecule has 2 nitrogen and oxygen atoms in total. The lowest BCUT2D eigenvalue weighted by molar-refractivity contribution is -0.126. The predicted octanol–water partition coefficient (Wildman–Crippen LogP) is 3.63. The summed E-state index contributed by atoms with van der Waals surface area (Å²) in [6.45, 7) is 0. The van der Waals surface area contributed by atoms with E-state index in [1.807, 2.05) is 24.1 Å². The molecule has 1 atom stereocenters. The fourth-order valence-electron chi connectivity index (χ4n) is 3.17. The van der Waals surface area contributed by atoms with Gasteiger partial charge in [-0.05, 0) is 42.4 Å². The van der Waals surface area contributed by atoms with Crippen molar-refractivity contribution < 1.29 is 4.79 Å². The Hall–Kier alpha value is -1.83. The summed E-state index contributed by atoms with van der Waals surface area (Å²) in [4.78, 5) is 14.0. The van der Waals surface area contributed by atoms with Crippen LogP contribution in [0.25, 0.3) is 0 Å². The number of carbonyl (C=O) groups is 1. The molecule has 3 rings (SSSR count). The zero-order chi connectivity index (χ0) is 13.2. The third-order valence-electron chi connectivity index (χ3n) is 4.16. The standard InChI is InChI=1S/C17H19NO/c1-18-16(19)12-11-13-7-5-6-10-15(13)17(18)14-8-3-2-4-9-14/h2-4,8-9,11-12,17H,5-7,10H2,1H3. The molecule has 1 aromatic carbocycles. The van der Waals surface area contributed by atoms with Crippen LogP contribution >= 0.6 is 0 Å². The summed E-state index contributed by atoms with van der Waals surface area (Å²) in [6.07, 6.45) is 8.45. The molecule has 0 spiro atoms. The molecule has 1 unspecified atom stereocenters. The van der Waals surface area contributed by atoms with Crippen LogP contribution in [0.2, 0.25) is 0 Å². The summed E-state index contributed by atoms with van der Waals surface area (Å²) < 4.78 is 0. The molecule has 1 aliphatic heterocycles. The molecule has 0 saturated heterocycles. The molecule has 2 aliphatic rings. The minimum absolute atomic E-state index is 0.100. The first-order valence-electron chi connectivity index (χ1n) is 6.99. The number of amides is 1. The third kappa shape index (κ3) is 2.23. The van der Waals surface area contributed by atoms with Crippen LogP contribution in [0.3, 0.4) is 0 Å². The van der Waals surface area contributed by atoms with Crippen LogP contribution in [-0.2, 0) is 4.79 Å². The fourth-order valence-corrected chi connectivity index (χ4v) is 3.17. The van der Waals surface area contributed by atoms with E-state index in [9.17, 15) is 4.79 Å². The van der Waals surface area contributed by atoms with E-state index in [1.165, 1.54) is 29.6 Å². The lowest BCUT2D eigenvalue weighted by Crippen LogP contribution is -2.30. The maximum absolute atomic E-state index is 12.2. The highest BCUT2D eigenvalue weighted by Gasteiger charge is 2.29. The number of likely N-dealkylation sites (N-methyl/N-ethyl adjacent to an activating group) is 1. The largest absolute Gasteiger partial charge is 0.331 e. The van der Waals surface area contributed by atoms with Crippen molar-refractivity contribution in [3.63, 3.8) is 0 Å². The minimum atomic E-state index is 0.100. The normalized spacial score (nSPS) is 23.3. The van der Waals surface area contributed by atoms with Crippen molar-refractivity contribution >= 4 is 5.91 Å². The van der Waals surface area contributed by atoms with Gasteiger partial charge in [0.15, 0.2) is 0 Å². The number of hydrogen-bond donors (Lipinski definition) is 0. The summed E-state index contributed by atoms with van der Waals surface area (Å²) >= 11 is 0. The number of hydrogen-bond acceptors (Lipinski definition) is 1. The van der Waals surface area contributed by atoms with Gasteiger partial charge < -0.3 is 4.90 Å². The van der Waals surface area contributed by atoms with E-state index in [1.54, 1.807) is 6.08 Å². The first-order valence-corrected chi connectivity index (χ1v) is 6.99. The second-order valence-corrected chi connectivity index (χ2v) is 5.35. The average Bonchev–Trinajstić information content (AvgIpc) is 2.58. The van der Waals surface area contributed by atoms with E-state index >= 15 is 0 Å². The highest BCUT2D eigenvalue weighted by molar-refractivity contribution is 5.89. The number of rotatable bonds is 1. The molecular weight excluding hydrogens is 234 g/mol. The van der Waals surface area contributed by atoms with Crippen LogP contribution in [0.5, 0.6) is 0 Å². The molecule has 0 aromatic heterocycles. The van der Waals surface area contributed by atoms with Crippen molar-refractivity contribution in [3.8, 4) is 0 Å². The van der Waals surface area contributed by atoms with Gasteiger partial charge in [-0.15, -0.1) is 0 Å². The maximum Gasteiger partial charge on any atom is 0.247 e. The Labute approximate surface area is 114 Å². The topological polar surface area (TPSA) is 20.3 Å². The third-order valence-corrected chi connectivity index (χ3v) is 4.16. The number of allylic oxidation sites excluding steroid dienone is 2. The molecule has 0 radical (unpaired) electrons. The molecule has 1 amide bonds. The van der Waals surface area contributed by atoms with Crippen LogP contribution in [-0.4, -0.2) is 17.9 Å². The molecule has 0 fully saturated rings. The molecule has 0 saturated carbocycles. The van der Waals surface area contributed by atoms with Crippen molar-refractivity contribution in [2.75, 3.05) is 7.05 Å². The van der Waals surface area contributed by atoms with Crippen molar-refractivity contribution in [1.29, 1.82) is 0 Å². The molecule has 1 aromatic rings. The first-order chi connectivity index (χ1) is 9.27. The van der Waals surface area contributed by atoms with Crippen molar-refractivity contribution in [1.82, 2.24) is 4.90 Å². The Morgan fingerprint density at radius 3 is 2.58 bits per heavy atom. The van der Waals surface area contributed by atoms with Gasteiger partial charge in [-0.3, -0.25) is 4.79 Å². The Kier molecular flexibility index (Phi) is 3.24. The van der Waals surface area contributed by atoms with Crippen molar-refractivity contribution in [2.24, 2.45) is 0 Å². The second-order valence-electron chi connectivity index (χ2n) is 5.35. The quantitative estimate of drug-likeness (QED) is 0.748. The highest BCUT2D eigenvalue weighted by Crippen LogP contribution is 2.39. The zero-order valence-electron chi connectivity index (χ0n) is 11.3. The summed E-state index contributed by atoms with van der Waals surface area (Å²) in [5.41, 5.74) is 4.02. The second kappa shape index (κ2) is 5.04. The van der Waals surface area contributed by atoms with Gasteiger partial charge in [0.2, 0.25) is 5.91 Å². The van der Waals surface area contributed by atoms with Gasteiger partial charge in [0.25, 0.3) is 0 Å². The van der Waals surface area contributed by atoms with Gasteiger partial charge >= 0.3 is 0 Å². The summed E-state index contributed by atoms with van der Waals surface area (Å²) in [7, 11) is 1.91. The Morgan fingerprint density at radius 1 is 1.05 bits per heavy atom. The maximum atomic E-state index is 12.2. The van der Waals surface area contributed by atoms with Crippen LogP contribution < -0.4 is 0 Å². The summed E-state index contributed by atoms with van der Waals surface area (Å²) in [6, 6.07) is 10.5. The van der Waals surface area contributed by atoms with Crippen LogP contribution in [0.1, 0.15) is 37.3 Å². The monoisotopic (exact) mass is 253 g/mol.